The number of pyridine rings is 1. The number of benzene rings is 3. The van der Waals surface area contributed by atoms with Crippen LogP contribution in [0.4, 0.5) is 5.13 Å². The van der Waals surface area contributed by atoms with Gasteiger partial charge in [0.1, 0.15) is 0 Å². The van der Waals surface area contributed by atoms with Gasteiger partial charge in [0.2, 0.25) is 0 Å². The molecule has 5 heteroatoms. The third-order valence-corrected chi connectivity index (χ3v) is 6.39. The minimum atomic E-state index is -0.0733. The molecule has 0 spiro atoms. The number of amides is 1. The third-order valence-electron chi connectivity index (χ3n) is 5.36. The summed E-state index contributed by atoms with van der Waals surface area (Å²) in [6.07, 6.45) is 1.75. The van der Waals surface area contributed by atoms with E-state index in [1.807, 2.05) is 60.7 Å². The number of hydrogen-bond acceptors (Lipinski definition) is 4. The first-order valence-electron chi connectivity index (χ1n) is 10.2. The molecule has 0 unspecified atom stereocenters. The van der Waals surface area contributed by atoms with Gasteiger partial charge in [-0.3, -0.25) is 14.7 Å². The Balaban J connectivity index is 1.65. The Morgan fingerprint density at radius 1 is 0.968 bits per heavy atom. The van der Waals surface area contributed by atoms with Crippen LogP contribution in [-0.4, -0.2) is 15.9 Å². The first-order chi connectivity index (χ1) is 15.1. The summed E-state index contributed by atoms with van der Waals surface area (Å²) >= 11 is 1.55. The van der Waals surface area contributed by atoms with Crippen molar-refractivity contribution >= 4 is 43.4 Å². The van der Waals surface area contributed by atoms with E-state index in [1.165, 1.54) is 5.56 Å². The second-order valence-electron chi connectivity index (χ2n) is 7.66. The average molecular weight is 424 g/mol. The molecular weight excluding hydrogens is 402 g/mol. The third kappa shape index (κ3) is 3.68. The minimum absolute atomic E-state index is 0.0733. The Morgan fingerprint density at radius 2 is 1.77 bits per heavy atom. The predicted octanol–water partition coefficient (Wildman–Crippen LogP) is 6.31. The summed E-state index contributed by atoms with van der Waals surface area (Å²) in [5, 5.41) is 2.67. The molecule has 5 rings (SSSR count). The van der Waals surface area contributed by atoms with Gasteiger partial charge >= 0.3 is 0 Å². The van der Waals surface area contributed by atoms with Gasteiger partial charge in [-0.2, -0.15) is 0 Å². The standard InChI is InChI=1S/C26H21N3OS/c1-17-14-18(2)24-23(15-17)31-26(28-24)29(16-20-10-5-6-13-27-20)25(30)22-12-7-9-19-8-3-4-11-21(19)22/h3-15H,16H2,1-2H3. The molecule has 2 aromatic heterocycles. The number of rotatable bonds is 4. The molecule has 0 atom stereocenters. The highest BCUT2D eigenvalue weighted by Gasteiger charge is 2.24. The Labute approximate surface area is 184 Å². The lowest BCUT2D eigenvalue weighted by molar-refractivity contribution is 0.0986. The van der Waals surface area contributed by atoms with E-state index in [-0.39, 0.29) is 5.91 Å². The molecule has 0 aliphatic rings. The van der Waals surface area contributed by atoms with E-state index in [2.05, 4.69) is 31.0 Å². The van der Waals surface area contributed by atoms with Crippen molar-refractivity contribution in [3.8, 4) is 0 Å². The maximum absolute atomic E-state index is 13.9. The summed E-state index contributed by atoms with van der Waals surface area (Å²) in [6, 6.07) is 23.8. The zero-order valence-corrected chi connectivity index (χ0v) is 18.2. The molecule has 0 saturated heterocycles. The van der Waals surface area contributed by atoms with Gasteiger partial charge in [-0.15, -0.1) is 0 Å². The number of carbonyl (C=O) groups is 1. The summed E-state index contributed by atoms with van der Waals surface area (Å²) in [5.74, 6) is -0.0733. The molecule has 31 heavy (non-hydrogen) atoms. The first kappa shape index (κ1) is 19.4. The molecule has 0 fully saturated rings. The van der Waals surface area contributed by atoms with Gasteiger partial charge < -0.3 is 0 Å². The van der Waals surface area contributed by atoms with E-state index in [1.54, 1.807) is 22.4 Å². The fourth-order valence-corrected chi connectivity index (χ4v) is 5.05. The van der Waals surface area contributed by atoms with Gasteiger partial charge in [0.25, 0.3) is 5.91 Å². The SMILES string of the molecule is Cc1cc(C)c2nc(N(Cc3ccccn3)C(=O)c3cccc4ccccc34)sc2c1. The summed E-state index contributed by atoms with van der Waals surface area (Å²) in [4.78, 5) is 24.9. The van der Waals surface area contributed by atoms with Crippen molar-refractivity contribution in [1.82, 2.24) is 9.97 Å². The van der Waals surface area contributed by atoms with Gasteiger partial charge in [-0.05, 0) is 60.0 Å². The quantitative estimate of drug-likeness (QED) is 0.340. The van der Waals surface area contributed by atoms with Crippen LogP contribution in [0.3, 0.4) is 0 Å². The zero-order chi connectivity index (χ0) is 21.4. The van der Waals surface area contributed by atoms with Crippen LogP contribution >= 0.6 is 11.3 Å². The van der Waals surface area contributed by atoms with Crippen molar-refractivity contribution in [2.75, 3.05) is 4.90 Å². The van der Waals surface area contributed by atoms with E-state index in [0.29, 0.717) is 17.2 Å². The van der Waals surface area contributed by atoms with Crippen molar-refractivity contribution in [3.05, 3.63) is 101 Å². The van der Waals surface area contributed by atoms with Gasteiger partial charge in [0.15, 0.2) is 5.13 Å². The number of nitrogens with zero attached hydrogens (tertiary/aromatic N) is 3. The van der Waals surface area contributed by atoms with Crippen molar-refractivity contribution in [2.45, 2.75) is 20.4 Å². The Morgan fingerprint density at radius 3 is 2.61 bits per heavy atom. The molecule has 1 amide bonds. The van der Waals surface area contributed by atoms with Crippen LogP contribution in [0, 0.1) is 13.8 Å². The maximum atomic E-state index is 13.9. The fourth-order valence-electron chi connectivity index (χ4n) is 3.91. The van der Waals surface area contributed by atoms with E-state index < -0.39 is 0 Å². The van der Waals surface area contributed by atoms with E-state index >= 15 is 0 Å². The summed E-state index contributed by atoms with van der Waals surface area (Å²) in [5.41, 5.74) is 4.75. The molecule has 0 bridgehead atoms. The van der Waals surface area contributed by atoms with Crippen LogP contribution < -0.4 is 4.90 Å². The van der Waals surface area contributed by atoms with Gasteiger partial charge in [-0.1, -0.05) is 59.9 Å². The monoisotopic (exact) mass is 423 g/mol. The lowest BCUT2D eigenvalue weighted by atomic mass is 10.0. The predicted molar refractivity (Wildman–Crippen MR) is 128 cm³/mol. The molecule has 3 aromatic carbocycles. The molecule has 0 saturated carbocycles. The van der Waals surface area contributed by atoms with Crippen LogP contribution in [0.25, 0.3) is 21.0 Å². The maximum Gasteiger partial charge on any atom is 0.261 e. The molecule has 2 heterocycles. The molecule has 0 radical (unpaired) electrons. The highest BCUT2D eigenvalue weighted by atomic mass is 32.1. The number of aromatic nitrogens is 2. The molecule has 5 aromatic rings. The Kier molecular flexibility index (Phi) is 4.96. The molecule has 4 nitrogen and oxygen atoms in total. The average Bonchev–Trinajstić information content (AvgIpc) is 3.21. The first-order valence-corrected chi connectivity index (χ1v) is 11.0. The lowest BCUT2D eigenvalue weighted by Gasteiger charge is -2.20. The highest BCUT2D eigenvalue weighted by Crippen LogP contribution is 2.34. The van der Waals surface area contributed by atoms with E-state index in [4.69, 9.17) is 4.98 Å². The number of hydrogen-bond donors (Lipinski definition) is 0. The van der Waals surface area contributed by atoms with Gasteiger partial charge in [0.05, 0.1) is 22.5 Å². The van der Waals surface area contributed by atoms with Crippen molar-refractivity contribution in [3.63, 3.8) is 0 Å². The fraction of sp³-hybridized carbons (Fsp3) is 0.115. The summed E-state index contributed by atoms with van der Waals surface area (Å²) in [6.45, 7) is 4.51. The number of anilines is 1. The van der Waals surface area contributed by atoms with Crippen molar-refractivity contribution in [2.24, 2.45) is 0 Å². The van der Waals surface area contributed by atoms with Crippen molar-refractivity contribution < 1.29 is 4.79 Å². The number of thiazole rings is 1. The van der Waals surface area contributed by atoms with Crippen LogP contribution in [0.2, 0.25) is 0 Å². The zero-order valence-electron chi connectivity index (χ0n) is 17.4. The van der Waals surface area contributed by atoms with Crippen LogP contribution in [0.15, 0.2) is 79.0 Å². The Hall–Kier alpha value is -3.57. The van der Waals surface area contributed by atoms with E-state index in [0.717, 1.165) is 32.2 Å². The summed E-state index contributed by atoms with van der Waals surface area (Å²) in [7, 11) is 0. The second-order valence-corrected chi connectivity index (χ2v) is 8.67. The number of aryl methyl sites for hydroxylation is 2. The number of fused-ring (bicyclic) bond motifs is 2. The van der Waals surface area contributed by atoms with Crippen molar-refractivity contribution in [1.29, 1.82) is 0 Å². The highest BCUT2D eigenvalue weighted by molar-refractivity contribution is 7.22. The largest absolute Gasteiger partial charge is 0.278 e. The molecule has 0 aliphatic carbocycles. The van der Waals surface area contributed by atoms with Gasteiger partial charge in [0, 0.05) is 11.8 Å². The smallest absolute Gasteiger partial charge is 0.261 e. The van der Waals surface area contributed by atoms with Crippen LogP contribution in [0.1, 0.15) is 27.2 Å². The second kappa shape index (κ2) is 7.93. The number of carbonyl (C=O) groups excluding carboxylic acids is 1. The molecule has 0 N–H and O–H groups in total. The van der Waals surface area contributed by atoms with Crippen LogP contribution in [0.5, 0.6) is 0 Å². The lowest BCUT2D eigenvalue weighted by Crippen LogP contribution is -2.30. The van der Waals surface area contributed by atoms with E-state index in [9.17, 15) is 4.79 Å². The van der Waals surface area contributed by atoms with Gasteiger partial charge in [-0.25, -0.2) is 4.98 Å². The summed E-state index contributed by atoms with van der Waals surface area (Å²) < 4.78 is 1.09. The minimum Gasteiger partial charge on any atom is -0.278 e. The molecular formula is C26H21N3OS. The molecule has 0 aliphatic heterocycles. The topological polar surface area (TPSA) is 46.1 Å². The molecule has 152 valence electrons. The Bertz CT molecular complexity index is 1400. The normalized spacial score (nSPS) is 11.2. The van der Waals surface area contributed by atoms with Crippen LogP contribution in [-0.2, 0) is 6.54 Å².